The van der Waals surface area contributed by atoms with Crippen molar-refractivity contribution in [2.75, 3.05) is 6.54 Å². The van der Waals surface area contributed by atoms with Crippen molar-refractivity contribution in [2.45, 2.75) is 50.7 Å². The third-order valence-corrected chi connectivity index (χ3v) is 3.82. The van der Waals surface area contributed by atoms with Crippen LogP contribution in [0.1, 0.15) is 39.0 Å². The van der Waals surface area contributed by atoms with Gasteiger partial charge in [0.05, 0.1) is 5.92 Å². The number of hydrogen-bond acceptors (Lipinski definition) is 2. The molecule has 0 bridgehead atoms. The van der Waals surface area contributed by atoms with Crippen molar-refractivity contribution in [1.29, 1.82) is 0 Å². The van der Waals surface area contributed by atoms with Crippen LogP contribution in [0.5, 0.6) is 0 Å². The number of nitrogens with zero attached hydrogens (tertiary/aromatic N) is 1. The molecule has 0 unspecified atom stereocenters. The highest BCUT2D eigenvalue weighted by molar-refractivity contribution is 6.09. The van der Waals surface area contributed by atoms with Gasteiger partial charge in [0.15, 0.2) is 5.96 Å². The number of carbonyl (C=O) groups excluding carboxylic acids is 1. The largest absolute Gasteiger partial charge is 0.391 e. The Bertz CT molecular complexity index is 384. The van der Waals surface area contributed by atoms with Crippen LogP contribution in [0.15, 0.2) is 4.99 Å². The van der Waals surface area contributed by atoms with E-state index in [1.165, 1.54) is 0 Å². The number of amides is 1. The highest BCUT2D eigenvalue weighted by atomic mass is 19.4. The van der Waals surface area contributed by atoms with Crippen LogP contribution in [0.3, 0.4) is 0 Å². The Balaban J connectivity index is 2.01. The molecule has 7 heteroatoms. The van der Waals surface area contributed by atoms with E-state index in [2.05, 4.69) is 15.6 Å². The summed E-state index contributed by atoms with van der Waals surface area (Å²) in [4.78, 5) is 16.1. The van der Waals surface area contributed by atoms with Crippen molar-refractivity contribution in [3.63, 3.8) is 0 Å². The minimum Gasteiger partial charge on any atom is -0.342 e. The second kappa shape index (κ2) is 5.02. The number of rotatable bonds is 2. The zero-order chi connectivity index (χ0) is 14.1. The van der Waals surface area contributed by atoms with E-state index in [1.54, 1.807) is 0 Å². The first-order valence-corrected chi connectivity index (χ1v) is 6.58. The third kappa shape index (κ3) is 2.84. The molecule has 2 rings (SSSR count). The molecular formula is C12H18F3N3O. The average molecular weight is 277 g/mol. The first-order valence-electron chi connectivity index (χ1n) is 6.58. The molecular weight excluding hydrogens is 259 g/mol. The van der Waals surface area contributed by atoms with Gasteiger partial charge in [0, 0.05) is 6.54 Å². The minimum atomic E-state index is -4.16. The molecule has 1 aliphatic heterocycles. The smallest absolute Gasteiger partial charge is 0.342 e. The predicted molar refractivity (Wildman–Crippen MR) is 64.6 cm³/mol. The Morgan fingerprint density at radius 2 is 2.00 bits per heavy atom. The Morgan fingerprint density at radius 1 is 1.37 bits per heavy atom. The van der Waals surface area contributed by atoms with Gasteiger partial charge < -0.3 is 5.32 Å². The van der Waals surface area contributed by atoms with Gasteiger partial charge in [-0.2, -0.15) is 13.2 Å². The summed E-state index contributed by atoms with van der Waals surface area (Å²) in [5, 5.41) is 5.61. The molecule has 2 N–H and O–H groups in total. The highest BCUT2D eigenvalue weighted by Gasteiger charge is 2.51. The van der Waals surface area contributed by atoms with Crippen molar-refractivity contribution in [3.05, 3.63) is 0 Å². The average Bonchev–Trinajstić information content (AvgIpc) is 2.63. The van der Waals surface area contributed by atoms with Gasteiger partial charge in [-0.05, 0) is 32.1 Å². The lowest BCUT2D eigenvalue weighted by Gasteiger charge is -2.35. The summed E-state index contributed by atoms with van der Waals surface area (Å²) >= 11 is 0. The first kappa shape index (κ1) is 14.1. The van der Waals surface area contributed by atoms with Crippen LogP contribution in [0, 0.1) is 5.92 Å². The number of nitrogens with one attached hydrogen (secondary N) is 2. The fraction of sp³-hybridized carbons (Fsp3) is 0.833. The zero-order valence-corrected chi connectivity index (χ0v) is 10.8. The van der Waals surface area contributed by atoms with Crippen molar-refractivity contribution >= 4 is 11.9 Å². The number of carbonyl (C=O) groups is 1. The lowest BCUT2D eigenvalue weighted by atomic mass is 9.76. The molecule has 1 heterocycles. The summed E-state index contributed by atoms with van der Waals surface area (Å²) < 4.78 is 37.8. The van der Waals surface area contributed by atoms with Crippen LogP contribution >= 0.6 is 0 Å². The van der Waals surface area contributed by atoms with Crippen LogP contribution in [0.4, 0.5) is 13.2 Å². The summed E-state index contributed by atoms with van der Waals surface area (Å²) in [5.41, 5.74) is -0.881. The molecule has 2 fully saturated rings. The second-order valence-corrected chi connectivity index (χ2v) is 5.21. The fourth-order valence-electron chi connectivity index (χ4n) is 2.63. The maximum atomic E-state index is 12.6. The van der Waals surface area contributed by atoms with E-state index < -0.39 is 17.6 Å². The number of hydrogen-bond donors (Lipinski definition) is 2. The van der Waals surface area contributed by atoms with Crippen molar-refractivity contribution in [1.82, 2.24) is 10.6 Å². The quantitative estimate of drug-likeness (QED) is 0.810. The van der Waals surface area contributed by atoms with Gasteiger partial charge in [-0.25, -0.2) is 0 Å². The zero-order valence-electron chi connectivity index (χ0n) is 10.8. The van der Waals surface area contributed by atoms with Crippen LogP contribution in [0.2, 0.25) is 0 Å². The van der Waals surface area contributed by atoms with Crippen molar-refractivity contribution < 1.29 is 18.0 Å². The molecule has 108 valence electrons. The van der Waals surface area contributed by atoms with E-state index in [0.717, 1.165) is 6.42 Å². The summed E-state index contributed by atoms with van der Waals surface area (Å²) in [7, 11) is 0. The maximum Gasteiger partial charge on any atom is 0.391 e. The lowest BCUT2D eigenvalue weighted by molar-refractivity contribution is -0.185. The van der Waals surface area contributed by atoms with Gasteiger partial charge in [-0.1, -0.05) is 6.92 Å². The van der Waals surface area contributed by atoms with Gasteiger partial charge in [0.25, 0.3) is 5.91 Å². The van der Waals surface area contributed by atoms with Crippen molar-refractivity contribution in [2.24, 2.45) is 10.9 Å². The molecule has 0 aromatic carbocycles. The van der Waals surface area contributed by atoms with E-state index in [4.69, 9.17) is 0 Å². The number of aliphatic imine (C=N–C) groups is 1. The van der Waals surface area contributed by atoms with E-state index in [-0.39, 0.29) is 31.6 Å². The van der Waals surface area contributed by atoms with Crippen LogP contribution < -0.4 is 10.6 Å². The second-order valence-electron chi connectivity index (χ2n) is 5.21. The molecule has 19 heavy (non-hydrogen) atoms. The van der Waals surface area contributed by atoms with E-state index >= 15 is 0 Å². The molecule has 0 aromatic heterocycles. The molecule has 0 aromatic rings. The molecule has 0 atom stereocenters. The monoisotopic (exact) mass is 277 g/mol. The van der Waals surface area contributed by atoms with Gasteiger partial charge in [0.2, 0.25) is 0 Å². The van der Waals surface area contributed by atoms with E-state index in [1.807, 2.05) is 6.92 Å². The van der Waals surface area contributed by atoms with Gasteiger partial charge in [-0.3, -0.25) is 15.1 Å². The standard InChI is InChI=1S/C12H18F3N3O/c1-2-7-16-10-17-9(19)11(18-10)5-3-8(4-6-11)12(13,14)15/h8H,2-7H2,1H3,(H2,16,17,18,19). The van der Waals surface area contributed by atoms with Crippen molar-refractivity contribution in [3.8, 4) is 0 Å². The van der Waals surface area contributed by atoms with Gasteiger partial charge in [0.1, 0.15) is 5.54 Å². The summed E-state index contributed by atoms with van der Waals surface area (Å²) in [5.74, 6) is -1.13. The predicted octanol–water partition coefficient (Wildman–Crippen LogP) is 1.96. The van der Waals surface area contributed by atoms with Gasteiger partial charge in [-0.15, -0.1) is 0 Å². The van der Waals surface area contributed by atoms with Gasteiger partial charge >= 0.3 is 6.18 Å². The number of halogens is 3. The minimum absolute atomic E-state index is 0.00895. The van der Waals surface area contributed by atoms with Crippen LogP contribution in [0.25, 0.3) is 0 Å². The third-order valence-electron chi connectivity index (χ3n) is 3.82. The summed E-state index contributed by atoms with van der Waals surface area (Å²) in [6.45, 7) is 2.55. The Labute approximate surface area is 109 Å². The maximum absolute atomic E-state index is 12.6. The molecule has 2 aliphatic rings. The Morgan fingerprint density at radius 3 is 2.53 bits per heavy atom. The lowest BCUT2D eigenvalue weighted by Crippen LogP contribution is -2.50. The molecule has 1 saturated heterocycles. The normalized spacial score (nSPS) is 33.6. The molecule has 1 aliphatic carbocycles. The molecule has 1 spiro atoms. The summed E-state index contributed by atoms with van der Waals surface area (Å²) in [6, 6.07) is 0. The molecule has 4 nitrogen and oxygen atoms in total. The summed E-state index contributed by atoms with van der Waals surface area (Å²) in [6.07, 6.45) is -2.92. The topological polar surface area (TPSA) is 53.5 Å². The first-order chi connectivity index (χ1) is 8.87. The Hall–Kier alpha value is -1.27. The van der Waals surface area contributed by atoms with Crippen LogP contribution in [-0.2, 0) is 4.79 Å². The fourth-order valence-corrected chi connectivity index (χ4v) is 2.63. The van der Waals surface area contributed by atoms with Crippen LogP contribution in [-0.4, -0.2) is 30.1 Å². The van der Waals surface area contributed by atoms with E-state index in [9.17, 15) is 18.0 Å². The highest BCUT2D eigenvalue weighted by Crippen LogP contribution is 2.41. The number of alkyl halides is 3. The SMILES string of the molecule is CCCN=C1NC(=O)C2(CCC(C(F)(F)F)CC2)N1. The molecule has 1 amide bonds. The Kier molecular flexibility index (Phi) is 3.73. The molecule has 0 radical (unpaired) electrons. The van der Waals surface area contributed by atoms with E-state index in [0.29, 0.717) is 12.5 Å². The molecule has 1 saturated carbocycles. The number of guanidine groups is 1.